The molecule has 0 aromatic heterocycles. The summed E-state index contributed by atoms with van der Waals surface area (Å²) in [6.07, 6.45) is 5.70. The molecule has 0 unspecified atom stereocenters. The summed E-state index contributed by atoms with van der Waals surface area (Å²) in [5, 5.41) is 9.34. The Bertz CT molecular complexity index is 829. The number of hydrogen-bond acceptors (Lipinski definition) is 3. The van der Waals surface area contributed by atoms with E-state index >= 15 is 0 Å². The van der Waals surface area contributed by atoms with Gasteiger partial charge in [-0.05, 0) is 47.6 Å². The minimum Gasteiger partial charge on any atom is -0.289 e. The van der Waals surface area contributed by atoms with Crippen LogP contribution < -0.4 is 5.48 Å². The lowest BCUT2D eigenvalue weighted by Gasteiger charge is -2.01. The van der Waals surface area contributed by atoms with Crippen molar-refractivity contribution >= 4 is 47.0 Å². The first-order chi connectivity index (χ1) is 11.5. The zero-order valence-corrected chi connectivity index (χ0v) is 13.9. The minimum atomic E-state index is -0.637. The highest BCUT2D eigenvalue weighted by Gasteiger charge is 2.03. The van der Waals surface area contributed by atoms with Crippen LogP contribution in [0, 0.1) is 0 Å². The second kappa shape index (κ2) is 8.45. The first kappa shape index (κ1) is 17.9. The Kier molecular flexibility index (Phi) is 6.32. The molecule has 1 amide bonds. The number of hydroxylamine groups is 1. The monoisotopic (exact) mass is 361 g/mol. The van der Waals surface area contributed by atoms with Crippen molar-refractivity contribution in [2.24, 2.45) is 0 Å². The van der Waals surface area contributed by atoms with E-state index in [-0.39, 0.29) is 5.78 Å². The molecular weight excluding hydrogens is 349 g/mol. The lowest BCUT2D eigenvalue weighted by Crippen LogP contribution is -2.14. The van der Waals surface area contributed by atoms with Crippen molar-refractivity contribution < 1.29 is 14.8 Å². The average Bonchev–Trinajstić information content (AvgIpc) is 2.58. The second-order valence-electron chi connectivity index (χ2n) is 4.80. The van der Waals surface area contributed by atoms with Crippen LogP contribution in [0.1, 0.15) is 21.5 Å². The van der Waals surface area contributed by atoms with Crippen LogP contribution in [-0.2, 0) is 4.79 Å². The Morgan fingerprint density at radius 3 is 2.46 bits per heavy atom. The fourth-order valence-electron chi connectivity index (χ4n) is 1.89. The van der Waals surface area contributed by atoms with E-state index in [2.05, 4.69) is 0 Å². The summed E-state index contributed by atoms with van der Waals surface area (Å²) in [6, 6.07) is 11.8. The molecule has 4 nitrogen and oxygen atoms in total. The largest absolute Gasteiger partial charge is 0.289 e. The van der Waals surface area contributed by atoms with Crippen LogP contribution in [0.15, 0.2) is 54.6 Å². The summed E-state index contributed by atoms with van der Waals surface area (Å²) in [4.78, 5) is 23.0. The van der Waals surface area contributed by atoms with Crippen molar-refractivity contribution in [2.45, 2.75) is 0 Å². The van der Waals surface area contributed by atoms with Crippen LogP contribution >= 0.6 is 23.2 Å². The van der Waals surface area contributed by atoms with Gasteiger partial charge in [0.25, 0.3) is 5.91 Å². The van der Waals surface area contributed by atoms with Gasteiger partial charge in [0.15, 0.2) is 5.78 Å². The zero-order chi connectivity index (χ0) is 17.5. The molecule has 122 valence electrons. The molecule has 0 bridgehead atoms. The highest BCUT2D eigenvalue weighted by atomic mass is 35.5. The van der Waals surface area contributed by atoms with Crippen LogP contribution in [0.25, 0.3) is 12.2 Å². The molecule has 24 heavy (non-hydrogen) atoms. The minimum absolute atomic E-state index is 0.183. The van der Waals surface area contributed by atoms with Crippen molar-refractivity contribution in [3.63, 3.8) is 0 Å². The number of hydrogen-bond donors (Lipinski definition) is 2. The van der Waals surface area contributed by atoms with Crippen LogP contribution in [0.5, 0.6) is 0 Å². The van der Waals surface area contributed by atoms with Crippen molar-refractivity contribution in [2.75, 3.05) is 0 Å². The van der Waals surface area contributed by atoms with Gasteiger partial charge in [-0.25, -0.2) is 5.48 Å². The standard InChI is InChI=1S/C18H13Cl2NO3/c19-15-3-1-2-14(11-15)17(22)8-7-13-6-4-12(10-16(13)20)5-9-18(23)21-24/h1-11,24H,(H,21,23). The summed E-state index contributed by atoms with van der Waals surface area (Å²) < 4.78 is 0. The summed E-state index contributed by atoms with van der Waals surface area (Å²) in [5.74, 6) is -0.820. The molecule has 0 spiro atoms. The van der Waals surface area contributed by atoms with Crippen LogP contribution in [-0.4, -0.2) is 16.9 Å². The molecule has 0 aliphatic carbocycles. The third-order valence-electron chi connectivity index (χ3n) is 3.09. The van der Waals surface area contributed by atoms with Gasteiger partial charge >= 0.3 is 0 Å². The first-order valence-electron chi connectivity index (χ1n) is 6.89. The molecule has 0 radical (unpaired) electrons. The van der Waals surface area contributed by atoms with Crippen LogP contribution in [0.4, 0.5) is 0 Å². The van der Waals surface area contributed by atoms with E-state index in [4.69, 9.17) is 28.4 Å². The Morgan fingerprint density at radius 1 is 1.00 bits per heavy atom. The van der Waals surface area contributed by atoms with E-state index in [1.807, 2.05) is 0 Å². The normalized spacial score (nSPS) is 11.1. The number of carbonyl (C=O) groups excluding carboxylic acids is 2. The number of allylic oxidation sites excluding steroid dienone is 1. The Balaban J connectivity index is 2.14. The Hall–Kier alpha value is -2.40. The maximum Gasteiger partial charge on any atom is 0.267 e. The van der Waals surface area contributed by atoms with Gasteiger partial charge in [0.2, 0.25) is 0 Å². The molecule has 0 heterocycles. The van der Waals surface area contributed by atoms with Gasteiger partial charge in [-0.15, -0.1) is 0 Å². The van der Waals surface area contributed by atoms with Gasteiger partial charge in [0.05, 0.1) is 0 Å². The van der Waals surface area contributed by atoms with E-state index in [9.17, 15) is 9.59 Å². The average molecular weight is 362 g/mol. The van der Waals surface area contributed by atoms with Gasteiger partial charge in [-0.2, -0.15) is 0 Å². The second-order valence-corrected chi connectivity index (χ2v) is 5.64. The third-order valence-corrected chi connectivity index (χ3v) is 3.65. The predicted octanol–water partition coefficient (Wildman–Crippen LogP) is 4.41. The maximum atomic E-state index is 12.1. The fourth-order valence-corrected chi connectivity index (χ4v) is 2.34. The topological polar surface area (TPSA) is 66.4 Å². The first-order valence-corrected chi connectivity index (χ1v) is 7.65. The smallest absolute Gasteiger partial charge is 0.267 e. The van der Waals surface area contributed by atoms with Gasteiger partial charge < -0.3 is 0 Å². The van der Waals surface area contributed by atoms with Crippen molar-refractivity contribution in [1.29, 1.82) is 0 Å². The molecule has 2 aromatic rings. The quantitative estimate of drug-likeness (QED) is 0.358. The molecule has 2 N–H and O–H groups in total. The van der Waals surface area contributed by atoms with Crippen LogP contribution in [0.2, 0.25) is 10.0 Å². The summed E-state index contributed by atoms with van der Waals surface area (Å²) in [5.41, 5.74) is 3.33. The highest BCUT2D eigenvalue weighted by Crippen LogP contribution is 2.21. The Morgan fingerprint density at radius 2 is 1.79 bits per heavy atom. The van der Waals surface area contributed by atoms with Crippen LogP contribution in [0.3, 0.4) is 0 Å². The molecule has 0 aliphatic heterocycles. The predicted molar refractivity (Wildman–Crippen MR) is 95.2 cm³/mol. The number of carbonyl (C=O) groups is 2. The molecule has 2 aromatic carbocycles. The molecule has 0 fully saturated rings. The number of ketones is 1. The van der Waals surface area contributed by atoms with E-state index in [0.717, 1.165) is 0 Å². The molecule has 0 saturated heterocycles. The van der Waals surface area contributed by atoms with Gasteiger partial charge in [-0.3, -0.25) is 14.8 Å². The molecular formula is C18H13Cl2NO3. The van der Waals surface area contributed by atoms with Gasteiger partial charge in [0, 0.05) is 21.7 Å². The number of halogens is 2. The van der Waals surface area contributed by atoms with E-state index in [0.29, 0.717) is 26.7 Å². The lowest BCUT2D eigenvalue weighted by atomic mass is 10.1. The maximum absolute atomic E-state index is 12.1. The van der Waals surface area contributed by atoms with E-state index in [1.54, 1.807) is 48.5 Å². The molecule has 0 atom stereocenters. The molecule has 0 saturated carbocycles. The number of amides is 1. The SMILES string of the molecule is O=C(C=Cc1ccc(C=CC(=O)c2cccc(Cl)c2)c(Cl)c1)NO. The van der Waals surface area contributed by atoms with E-state index in [1.165, 1.54) is 23.7 Å². The molecule has 6 heteroatoms. The van der Waals surface area contributed by atoms with Crippen molar-refractivity contribution in [3.8, 4) is 0 Å². The number of benzene rings is 2. The third kappa shape index (κ3) is 5.06. The number of rotatable bonds is 5. The Labute approximate surface area is 149 Å². The van der Waals surface area contributed by atoms with Gasteiger partial charge in [-0.1, -0.05) is 47.5 Å². The van der Waals surface area contributed by atoms with Crippen molar-refractivity contribution in [1.82, 2.24) is 5.48 Å². The highest BCUT2D eigenvalue weighted by molar-refractivity contribution is 6.32. The number of nitrogens with one attached hydrogen (secondary N) is 1. The summed E-state index contributed by atoms with van der Waals surface area (Å²) in [7, 11) is 0. The van der Waals surface area contributed by atoms with Crippen molar-refractivity contribution in [3.05, 3.63) is 81.4 Å². The summed E-state index contributed by atoms with van der Waals surface area (Å²) in [6.45, 7) is 0. The van der Waals surface area contributed by atoms with Gasteiger partial charge in [0.1, 0.15) is 0 Å². The van der Waals surface area contributed by atoms with E-state index < -0.39 is 5.91 Å². The zero-order valence-electron chi connectivity index (χ0n) is 12.4. The fraction of sp³-hybridized carbons (Fsp3) is 0. The molecule has 0 aliphatic rings. The lowest BCUT2D eigenvalue weighted by molar-refractivity contribution is -0.124. The summed E-state index contributed by atoms with van der Waals surface area (Å²) >= 11 is 12.0. The molecule has 2 rings (SSSR count).